The monoisotopic (exact) mass is 249 g/mol. The summed E-state index contributed by atoms with van der Waals surface area (Å²) >= 11 is 0. The number of rotatable bonds is 6. The normalized spacial score (nSPS) is 11.2. The Hall–Kier alpha value is -1.35. The minimum Gasteiger partial charge on any atom is -0.480 e. The van der Waals surface area contributed by atoms with Crippen LogP contribution in [-0.4, -0.2) is 29.1 Å². The van der Waals surface area contributed by atoms with E-state index in [1.165, 1.54) is 16.7 Å². The van der Waals surface area contributed by atoms with E-state index in [2.05, 4.69) is 45.9 Å². The molecule has 1 aromatic rings. The molecule has 1 aromatic carbocycles. The van der Waals surface area contributed by atoms with Crippen molar-refractivity contribution >= 4 is 5.97 Å². The molecule has 18 heavy (non-hydrogen) atoms. The van der Waals surface area contributed by atoms with Crippen molar-refractivity contribution in [2.75, 3.05) is 13.1 Å². The Kier molecular flexibility index (Phi) is 5.35. The summed E-state index contributed by atoms with van der Waals surface area (Å²) in [6.07, 6.45) is 0. The highest BCUT2D eigenvalue weighted by Crippen LogP contribution is 2.14. The predicted molar refractivity (Wildman–Crippen MR) is 73.7 cm³/mol. The first-order valence-electron chi connectivity index (χ1n) is 6.38. The van der Waals surface area contributed by atoms with Crippen LogP contribution in [0.25, 0.3) is 0 Å². The van der Waals surface area contributed by atoms with E-state index in [1.807, 2.05) is 4.90 Å². The fourth-order valence-electron chi connectivity index (χ4n) is 2.10. The summed E-state index contributed by atoms with van der Waals surface area (Å²) in [6.45, 7) is 9.97. The van der Waals surface area contributed by atoms with Gasteiger partial charge >= 0.3 is 5.97 Å². The Balaban J connectivity index is 2.81. The molecule has 3 heteroatoms. The fraction of sp³-hybridized carbons (Fsp3) is 0.533. The van der Waals surface area contributed by atoms with Gasteiger partial charge in [-0.3, -0.25) is 9.69 Å². The number of aryl methyl sites for hydroxylation is 2. The van der Waals surface area contributed by atoms with Crippen LogP contribution in [0.2, 0.25) is 0 Å². The Morgan fingerprint density at radius 3 is 2.56 bits per heavy atom. The number of nitrogens with zero attached hydrogens (tertiary/aromatic N) is 1. The molecule has 0 aliphatic carbocycles. The molecule has 100 valence electrons. The summed E-state index contributed by atoms with van der Waals surface area (Å²) in [5.41, 5.74) is 3.66. The lowest BCUT2D eigenvalue weighted by Crippen LogP contribution is -2.32. The van der Waals surface area contributed by atoms with Gasteiger partial charge in [0.15, 0.2) is 0 Å². The molecule has 0 unspecified atom stereocenters. The van der Waals surface area contributed by atoms with Crippen LogP contribution in [-0.2, 0) is 11.3 Å². The standard InChI is InChI=1S/C15H23NO2/c1-11(2)8-16(10-15(17)18)9-14-7-12(3)5-6-13(14)4/h5-7,11H,8-10H2,1-4H3,(H,17,18). The van der Waals surface area contributed by atoms with Crippen molar-refractivity contribution < 1.29 is 9.90 Å². The molecule has 0 saturated carbocycles. The van der Waals surface area contributed by atoms with E-state index >= 15 is 0 Å². The average Bonchev–Trinajstić information content (AvgIpc) is 2.21. The highest BCUT2D eigenvalue weighted by atomic mass is 16.4. The van der Waals surface area contributed by atoms with Crippen molar-refractivity contribution in [3.8, 4) is 0 Å². The van der Waals surface area contributed by atoms with Crippen LogP contribution < -0.4 is 0 Å². The van der Waals surface area contributed by atoms with E-state index < -0.39 is 5.97 Å². The molecule has 0 amide bonds. The van der Waals surface area contributed by atoms with Crippen molar-refractivity contribution in [2.45, 2.75) is 34.2 Å². The van der Waals surface area contributed by atoms with E-state index in [4.69, 9.17) is 5.11 Å². The molecule has 0 aromatic heterocycles. The molecule has 0 atom stereocenters. The highest BCUT2D eigenvalue weighted by molar-refractivity contribution is 5.69. The van der Waals surface area contributed by atoms with Crippen LogP contribution >= 0.6 is 0 Å². The molecule has 1 N–H and O–H groups in total. The van der Waals surface area contributed by atoms with Crippen molar-refractivity contribution in [1.29, 1.82) is 0 Å². The molecule has 0 aliphatic heterocycles. The Morgan fingerprint density at radius 2 is 2.00 bits per heavy atom. The van der Waals surface area contributed by atoms with E-state index in [0.717, 1.165) is 6.54 Å². The lowest BCUT2D eigenvalue weighted by atomic mass is 10.0. The maximum atomic E-state index is 10.9. The third-order valence-electron chi connectivity index (χ3n) is 2.88. The Morgan fingerprint density at radius 1 is 1.33 bits per heavy atom. The van der Waals surface area contributed by atoms with Crippen LogP contribution in [0, 0.1) is 19.8 Å². The van der Waals surface area contributed by atoms with Gasteiger partial charge in [0.25, 0.3) is 0 Å². The first kappa shape index (κ1) is 14.7. The number of hydrogen-bond acceptors (Lipinski definition) is 2. The second-order valence-corrected chi connectivity index (χ2v) is 5.39. The molecule has 0 aliphatic rings. The lowest BCUT2D eigenvalue weighted by molar-refractivity contribution is -0.138. The molecule has 0 heterocycles. The summed E-state index contributed by atoms with van der Waals surface area (Å²) in [5.74, 6) is -0.296. The van der Waals surface area contributed by atoms with Crippen LogP contribution in [0.5, 0.6) is 0 Å². The van der Waals surface area contributed by atoms with Crippen molar-refractivity contribution in [1.82, 2.24) is 4.90 Å². The average molecular weight is 249 g/mol. The van der Waals surface area contributed by atoms with Gasteiger partial charge in [0, 0.05) is 13.1 Å². The molecule has 1 rings (SSSR count). The van der Waals surface area contributed by atoms with Gasteiger partial charge in [-0.05, 0) is 30.9 Å². The molecule has 0 spiro atoms. The van der Waals surface area contributed by atoms with E-state index in [9.17, 15) is 4.79 Å². The molecule has 0 saturated heterocycles. The summed E-state index contributed by atoms with van der Waals surface area (Å²) in [6, 6.07) is 6.33. The molecular formula is C15H23NO2. The van der Waals surface area contributed by atoms with Gasteiger partial charge in [0.05, 0.1) is 6.54 Å². The number of carboxylic acids is 1. The van der Waals surface area contributed by atoms with Crippen molar-refractivity contribution in [3.05, 3.63) is 34.9 Å². The first-order chi connectivity index (χ1) is 8.38. The first-order valence-corrected chi connectivity index (χ1v) is 6.38. The Labute approximate surface area is 109 Å². The van der Waals surface area contributed by atoms with Gasteiger partial charge in [0.2, 0.25) is 0 Å². The molecule has 0 fully saturated rings. The quantitative estimate of drug-likeness (QED) is 0.842. The molecule has 0 radical (unpaired) electrons. The summed E-state index contributed by atoms with van der Waals surface area (Å²) in [7, 11) is 0. The number of hydrogen-bond donors (Lipinski definition) is 1. The van der Waals surface area contributed by atoms with Gasteiger partial charge < -0.3 is 5.11 Å². The van der Waals surface area contributed by atoms with E-state index in [1.54, 1.807) is 0 Å². The second kappa shape index (κ2) is 6.55. The van der Waals surface area contributed by atoms with Crippen molar-refractivity contribution in [3.63, 3.8) is 0 Å². The predicted octanol–water partition coefficient (Wildman–Crippen LogP) is 2.85. The van der Waals surface area contributed by atoms with Crippen molar-refractivity contribution in [2.24, 2.45) is 5.92 Å². The summed E-state index contributed by atoms with van der Waals surface area (Å²) in [5, 5.41) is 8.96. The van der Waals surface area contributed by atoms with Crippen LogP contribution in [0.3, 0.4) is 0 Å². The summed E-state index contributed by atoms with van der Waals surface area (Å²) in [4.78, 5) is 12.9. The third kappa shape index (κ3) is 4.88. The second-order valence-electron chi connectivity index (χ2n) is 5.39. The smallest absolute Gasteiger partial charge is 0.317 e. The zero-order chi connectivity index (χ0) is 13.7. The van der Waals surface area contributed by atoms with Gasteiger partial charge in [-0.15, -0.1) is 0 Å². The van der Waals surface area contributed by atoms with Gasteiger partial charge in [-0.2, -0.15) is 0 Å². The van der Waals surface area contributed by atoms with Crippen LogP contribution in [0.15, 0.2) is 18.2 Å². The highest BCUT2D eigenvalue weighted by Gasteiger charge is 2.13. The maximum absolute atomic E-state index is 10.9. The van der Waals surface area contributed by atoms with E-state index in [-0.39, 0.29) is 6.54 Å². The lowest BCUT2D eigenvalue weighted by Gasteiger charge is -2.23. The van der Waals surface area contributed by atoms with Gasteiger partial charge in [0.1, 0.15) is 0 Å². The molecular weight excluding hydrogens is 226 g/mol. The van der Waals surface area contributed by atoms with Crippen LogP contribution in [0.1, 0.15) is 30.5 Å². The SMILES string of the molecule is Cc1ccc(C)c(CN(CC(=O)O)CC(C)C)c1. The van der Waals surface area contributed by atoms with Gasteiger partial charge in [-0.1, -0.05) is 37.6 Å². The summed E-state index contributed by atoms with van der Waals surface area (Å²) < 4.78 is 0. The maximum Gasteiger partial charge on any atom is 0.317 e. The van der Waals surface area contributed by atoms with Crippen LogP contribution in [0.4, 0.5) is 0 Å². The topological polar surface area (TPSA) is 40.5 Å². The zero-order valence-corrected chi connectivity index (χ0v) is 11.7. The number of benzene rings is 1. The Bertz CT molecular complexity index is 413. The van der Waals surface area contributed by atoms with E-state index in [0.29, 0.717) is 12.5 Å². The zero-order valence-electron chi connectivity index (χ0n) is 11.7. The largest absolute Gasteiger partial charge is 0.480 e. The molecule has 3 nitrogen and oxygen atoms in total. The number of carboxylic acid groups (broad SMARTS) is 1. The van der Waals surface area contributed by atoms with Gasteiger partial charge in [-0.25, -0.2) is 0 Å². The molecule has 0 bridgehead atoms. The number of aliphatic carboxylic acids is 1. The number of carbonyl (C=O) groups is 1. The minimum absolute atomic E-state index is 0.103. The minimum atomic E-state index is -0.763. The third-order valence-corrected chi connectivity index (χ3v) is 2.88. The fourth-order valence-corrected chi connectivity index (χ4v) is 2.10.